The largest absolute Gasteiger partial charge is 0.497 e. The number of aromatic nitrogens is 1. The summed E-state index contributed by atoms with van der Waals surface area (Å²) in [5, 5.41) is 6.33. The van der Waals surface area contributed by atoms with Crippen LogP contribution >= 0.6 is 28.3 Å². The van der Waals surface area contributed by atoms with Crippen molar-refractivity contribution < 1.29 is 4.74 Å². The summed E-state index contributed by atoms with van der Waals surface area (Å²) in [6.45, 7) is 4.20. The molecule has 0 unspecified atom stereocenters. The summed E-state index contributed by atoms with van der Waals surface area (Å²) in [6.07, 6.45) is 0. The third kappa shape index (κ3) is 4.33. The molecule has 1 heterocycles. The minimum absolute atomic E-state index is 0. The Balaban J connectivity index is 0.00000192. The molecule has 1 N–H and O–H groups in total. The van der Waals surface area contributed by atoms with E-state index in [0.29, 0.717) is 0 Å². The quantitative estimate of drug-likeness (QED) is 0.614. The lowest BCUT2D eigenvalue weighted by Crippen LogP contribution is -1.91. The molecule has 0 fully saturated rings. The average Bonchev–Trinajstić information content (AvgIpc) is 2.95. The Labute approximate surface area is 151 Å². The third-order valence-corrected chi connectivity index (χ3v) is 4.10. The molecule has 3 aromatic rings. The summed E-state index contributed by atoms with van der Waals surface area (Å²) >= 11 is 1.60. The van der Waals surface area contributed by atoms with Gasteiger partial charge in [0.15, 0.2) is 5.13 Å². The predicted octanol–water partition coefficient (Wildman–Crippen LogP) is 5.76. The minimum Gasteiger partial charge on any atom is -0.497 e. The number of benzene rings is 2. The maximum Gasteiger partial charge on any atom is 0.187 e. The SMILES string of the molecule is Br.COc1cccc(-c2csc(Nc3cc(C)cc(C)c3)n2)c1. The molecule has 0 aliphatic carbocycles. The number of ether oxygens (including phenoxy) is 1. The number of hydrogen-bond donors (Lipinski definition) is 1. The maximum absolute atomic E-state index is 5.27. The number of nitrogens with zero attached hydrogens (tertiary/aromatic N) is 1. The molecule has 23 heavy (non-hydrogen) atoms. The van der Waals surface area contributed by atoms with Crippen molar-refractivity contribution in [3.05, 3.63) is 59.0 Å². The molecule has 0 spiro atoms. The van der Waals surface area contributed by atoms with Crippen LogP contribution in [-0.4, -0.2) is 12.1 Å². The lowest BCUT2D eigenvalue weighted by atomic mass is 10.1. The lowest BCUT2D eigenvalue weighted by Gasteiger charge is -2.05. The number of thiazole rings is 1. The van der Waals surface area contributed by atoms with Crippen LogP contribution in [0.25, 0.3) is 11.3 Å². The van der Waals surface area contributed by atoms with E-state index >= 15 is 0 Å². The van der Waals surface area contributed by atoms with E-state index in [-0.39, 0.29) is 17.0 Å². The van der Waals surface area contributed by atoms with Crippen molar-refractivity contribution in [2.75, 3.05) is 12.4 Å². The molecule has 0 atom stereocenters. The number of rotatable bonds is 4. The first-order valence-electron chi connectivity index (χ1n) is 7.09. The van der Waals surface area contributed by atoms with Crippen molar-refractivity contribution in [1.82, 2.24) is 4.98 Å². The van der Waals surface area contributed by atoms with Crippen LogP contribution in [0.5, 0.6) is 5.75 Å². The van der Waals surface area contributed by atoms with Crippen molar-refractivity contribution >= 4 is 39.1 Å². The molecule has 5 heteroatoms. The number of nitrogens with one attached hydrogen (secondary N) is 1. The minimum atomic E-state index is 0. The zero-order chi connectivity index (χ0) is 15.5. The highest BCUT2D eigenvalue weighted by molar-refractivity contribution is 8.93. The van der Waals surface area contributed by atoms with Crippen molar-refractivity contribution in [2.24, 2.45) is 0 Å². The molecule has 3 rings (SSSR count). The summed E-state index contributed by atoms with van der Waals surface area (Å²) in [4.78, 5) is 4.66. The lowest BCUT2D eigenvalue weighted by molar-refractivity contribution is 0.415. The van der Waals surface area contributed by atoms with Gasteiger partial charge in [-0.1, -0.05) is 18.2 Å². The van der Waals surface area contributed by atoms with Crippen molar-refractivity contribution in [3.63, 3.8) is 0 Å². The molecule has 0 saturated heterocycles. The van der Waals surface area contributed by atoms with Gasteiger partial charge < -0.3 is 10.1 Å². The molecule has 3 nitrogen and oxygen atoms in total. The van der Waals surface area contributed by atoms with Gasteiger partial charge in [0.2, 0.25) is 0 Å². The predicted molar refractivity (Wildman–Crippen MR) is 104 cm³/mol. The van der Waals surface area contributed by atoms with Gasteiger partial charge in [-0.05, 0) is 49.2 Å². The molecule has 2 aromatic carbocycles. The molecule has 0 bridgehead atoms. The smallest absolute Gasteiger partial charge is 0.187 e. The van der Waals surface area contributed by atoms with Crippen LogP contribution in [0.4, 0.5) is 10.8 Å². The Kier molecular flexibility index (Phi) is 5.80. The van der Waals surface area contributed by atoms with Crippen LogP contribution in [0.3, 0.4) is 0 Å². The summed E-state index contributed by atoms with van der Waals surface area (Å²) in [5.41, 5.74) is 5.57. The van der Waals surface area contributed by atoms with E-state index in [1.54, 1.807) is 18.4 Å². The normalized spacial score (nSPS) is 10.0. The number of halogens is 1. The Hall–Kier alpha value is -1.85. The average molecular weight is 391 g/mol. The van der Waals surface area contributed by atoms with Crippen molar-refractivity contribution in [1.29, 1.82) is 0 Å². The topological polar surface area (TPSA) is 34.1 Å². The number of hydrogen-bond acceptors (Lipinski definition) is 4. The molecule has 120 valence electrons. The molecule has 0 saturated carbocycles. The second-order valence-electron chi connectivity index (χ2n) is 5.27. The number of methoxy groups -OCH3 is 1. The first-order chi connectivity index (χ1) is 10.6. The summed E-state index contributed by atoms with van der Waals surface area (Å²) < 4.78 is 5.27. The van der Waals surface area contributed by atoms with Crippen LogP contribution in [0.1, 0.15) is 11.1 Å². The number of aryl methyl sites for hydroxylation is 2. The molecular formula is C18H19BrN2OS. The third-order valence-electron chi connectivity index (χ3n) is 3.34. The first kappa shape index (κ1) is 17.5. The van der Waals surface area contributed by atoms with Gasteiger partial charge in [0.25, 0.3) is 0 Å². The Morgan fingerprint density at radius 3 is 2.48 bits per heavy atom. The molecule has 0 aliphatic rings. The highest BCUT2D eigenvalue weighted by atomic mass is 79.9. The van der Waals surface area contributed by atoms with Gasteiger partial charge in [-0.2, -0.15) is 0 Å². The van der Waals surface area contributed by atoms with E-state index in [0.717, 1.165) is 27.8 Å². The Morgan fingerprint density at radius 2 is 1.78 bits per heavy atom. The van der Waals surface area contributed by atoms with Crippen LogP contribution in [0, 0.1) is 13.8 Å². The monoisotopic (exact) mass is 390 g/mol. The standard InChI is InChI=1S/C18H18N2OS.BrH/c1-12-7-13(2)9-15(8-12)19-18-20-17(11-22-18)14-5-4-6-16(10-14)21-3;/h4-11H,1-3H3,(H,19,20);1H. The zero-order valence-electron chi connectivity index (χ0n) is 13.3. The fourth-order valence-electron chi connectivity index (χ4n) is 2.42. The van der Waals surface area contributed by atoms with Gasteiger partial charge in [0, 0.05) is 16.6 Å². The summed E-state index contributed by atoms with van der Waals surface area (Å²) in [6, 6.07) is 14.4. The van der Waals surface area contributed by atoms with Crippen molar-refractivity contribution in [2.45, 2.75) is 13.8 Å². The van der Waals surface area contributed by atoms with Crippen LogP contribution in [0.15, 0.2) is 47.8 Å². The highest BCUT2D eigenvalue weighted by Gasteiger charge is 2.06. The molecule has 0 radical (unpaired) electrons. The Morgan fingerprint density at radius 1 is 1.04 bits per heavy atom. The molecule has 0 amide bonds. The van der Waals surface area contributed by atoms with E-state index in [9.17, 15) is 0 Å². The summed E-state index contributed by atoms with van der Waals surface area (Å²) in [5.74, 6) is 0.842. The van der Waals surface area contributed by atoms with Gasteiger partial charge in [-0.15, -0.1) is 28.3 Å². The van der Waals surface area contributed by atoms with Crippen LogP contribution in [0.2, 0.25) is 0 Å². The van der Waals surface area contributed by atoms with Crippen molar-refractivity contribution in [3.8, 4) is 17.0 Å². The van der Waals surface area contributed by atoms with E-state index in [2.05, 4.69) is 47.7 Å². The fourth-order valence-corrected chi connectivity index (χ4v) is 3.16. The zero-order valence-corrected chi connectivity index (χ0v) is 15.8. The van der Waals surface area contributed by atoms with Gasteiger partial charge in [-0.3, -0.25) is 0 Å². The van der Waals surface area contributed by atoms with Gasteiger partial charge >= 0.3 is 0 Å². The second kappa shape index (κ2) is 7.62. The highest BCUT2D eigenvalue weighted by Crippen LogP contribution is 2.29. The fraction of sp³-hybridized carbons (Fsp3) is 0.167. The van der Waals surface area contributed by atoms with E-state index < -0.39 is 0 Å². The van der Waals surface area contributed by atoms with E-state index in [4.69, 9.17) is 4.74 Å². The van der Waals surface area contributed by atoms with Gasteiger partial charge in [-0.25, -0.2) is 4.98 Å². The van der Waals surface area contributed by atoms with Crippen LogP contribution < -0.4 is 10.1 Å². The van der Waals surface area contributed by atoms with E-state index in [1.807, 2.05) is 24.3 Å². The molecule has 1 aromatic heterocycles. The van der Waals surface area contributed by atoms with Gasteiger partial charge in [0.1, 0.15) is 5.75 Å². The van der Waals surface area contributed by atoms with Gasteiger partial charge in [0.05, 0.1) is 12.8 Å². The second-order valence-corrected chi connectivity index (χ2v) is 6.13. The molecule has 0 aliphatic heterocycles. The first-order valence-corrected chi connectivity index (χ1v) is 7.97. The summed E-state index contributed by atoms with van der Waals surface area (Å²) in [7, 11) is 1.67. The Bertz CT molecular complexity index is 781. The van der Waals surface area contributed by atoms with E-state index in [1.165, 1.54) is 11.1 Å². The maximum atomic E-state index is 5.27. The molecular weight excluding hydrogens is 372 g/mol. The van der Waals surface area contributed by atoms with Crippen LogP contribution in [-0.2, 0) is 0 Å². The number of anilines is 2.